The lowest BCUT2D eigenvalue weighted by atomic mass is 10.2. The van der Waals surface area contributed by atoms with Crippen molar-refractivity contribution in [2.24, 2.45) is 4.99 Å². The number of halogens is 1. The molecular formula is C22H42IN5O2S. The van der Waals surface area contributed by atoms with Crippen LogP contribution in [0.5, 0.6) is 0 Å². The van der Waals surface area contributed by atoms with Crippen molar-refractivity contribution in [1.29, 1.82) is 0 Å². The van der Waals surface area contributed by atoms with Crippen LogP contribution in [-0.4, -0.2) is 68.9 Å². The van der Waals surface area contributed by atoms with Crippen LogP contribution in [0.15, 0.2) is 34.2 Å². The molecule has 0 aliphatic rings. The molecule has 0 atom stereocenters. The number of hydrogen-bond donors (Lipinski definition) is 2. The Hall–Kier alpha value is -0.910. The van der Waals surface area contributed by atoms with Crippen LogP contribution in [0.2, 0.25) is 0 Å². The largest absolute Gasteiger partial charge is 0.356 e. The van der Waals surface area contributed by atoms with E-state index in [0.29, 0.717) is 23.5 Å². The third-order valence-corrected chi connectivity index (χ3v) is 7.27. The fraction of sp³-hybridized carbons (Fsp3) is 0.682. The van der Waals surface area contributed by atoms with E-state index in [-0.39, 0.29) is 30.0 Å². The van der Waals surface area contributed by atoms with Gasteiger partial charge in [-0.2, -0.15) is 4.31 Å². The van der Waals surface area contributed by atoms with E-state index in [9.17, 15) is 8.42 Å². The highest BCUT2D eigenvalue weighted by Gasteiger charge is 2.22. The summed E-state index contributed by atoms with van der Waals surface area (Å²) in [6.07, 6.45) is 1.03. The van der Waals surface area contributed by atoms with Crippen LogP contribution >= 0.6 is 24.0 Å². The zero-order valence-electron chi connectivity index (χ0n) is 20.3. The summed E-state index contributed by atoms with van der Waals surface area (Å²) in [6, 6.07) is 7.99. The summed E-state index contributed by atoms with van der Waals surface area (Å²) in [5.41, 5.74) is 0.995. The Morgan fingerprint density at radius 1 is 0.968 bits per heavy atom. The maximum Gasteiger partial charge on any atom is 0.243 e. The molecule has 0 radical (unpaired) electrons. The molecule has 0 unspecified atom stereocenters. The SMILES string of the molecule is CN=C(NCCCN(C(C)C)C(C)C)NCc1ccc(S(=O)(=O)N(C)C(C)C)cc1.I. The molecule has 7 nitrogen and oxygen atoms in total. The first-order valence-electron chi connectivity index (χ1n) is 10.8. The van der Waals surface area contributed by atoms with Crippen LogP contribution in [0.1, 0.15) is 53.5 Å². The van der Waals surface area contributed by atoms with Gasteiger partial charge in [-0.05, 0) is 65.7 Å². The van der Waals surface area contributed by atoms with E-state index in [1.807, 2.05) is 26.0 Å². The molecule has 0 amide bonds. The predicted octanol–water partition coefficient (Wildman–Crippen LogP) is 3.51. The Bertz CT molecular complexity index is 757. The maximum atomic E-state index is 12.6. The average molecular weight is 568 g/mol. The fourth-order valence-electron chi connectivity index (χ4n) is 3.21. The summed E-state index contributed by atoms with van der Waals surface area (Å²) in [5.74, 6) is 0.742. The highest BCUT2D eigenvalue weighted by molar-refractivity contribution is 14.0. The predicted molar refractivity (Wildman–Crippen MR) is 142 cm³/mol. The van der Waals surface area contributed by atoms with Crippen molar-refractivity contribution < 1.29 is 8.42 Å². The van der Waals surface area contributed by atoms with Crippen molar-refractivity contribution in [3.63, 3.8) is 0 Å². The second-order valence-corrected chi connectivity index (χ2v) is 10.4. The van der Waals surface area contributed by atoms with Crippen molar-refractivity contribution in [1.82, 2.24) is 19.8 Å². The van der Waals surface area contributed by atoms with E-state index in [1.165, 1.54) is 4.31 Å². The number of hydrogen-bond acceptors (Lipinski definition) is 4. The molecule has 9 heteroatoms. The number of benzene rings is 1. The lowest BCUT2D eigenvalue weighted by Crippen LogP contribution is -2.41. The first-order valence-corrected chi connectivity index (χ1v) is 12.2. The fourth-order valence-corrected chi connectivity index (χ4v) is 4.58. The van der Waals surface area contributed by atoms with Gasteiger partial charge in [0.05, 0.1) is 4.90 Å². The second kappa shape index (κ2) is 14.3. The minimum absolute atomic E-state index is 0. The number of rotatable bonds is 11. The van der Waals surface area contributed by atoms with E-state index in [1.54, 1.807) is 26.2 Å². The summed E-state index contributed by atoms with van der Waals surface area (Å²) in [6.45, 7) is 15.1. The molecule has 1 rings (SSSR count). The summed E-state index contributed by atoms with van der Waals surface area (Å²) in [5, 5.41) is 6.63. The van der Waals surface area contributed by atoms with Crippen molar-refractivity contribution in [3.8, 4) is 0 Å². The molecule has 31 heavy (non-hydrogen) atoms. The first kappa shape index (κ1) is 30.1. The second-order valence-electron chi connectivity index (χ2n) is 8.39. The van der Waals surface area contributed by atoms with Gasteiger partial charge in [0.15, 0.2) is 5.96 Å². The van der Waals surface area contributed by atoms with Crippen molar-refractivity contribution in [3.05, 3.63) is 29.8 Å². The zero-order valence-corrected chi connectivity index (χ0v) is 23.5. The smallest absolute Gasteiger partial charge is 0.243 e. The molecule has 0 saturated heterocycles. The van der Waals surface area contributed by atoms with Crippen LogP contribution in [0, 0.1) is 0 Å². The molecule has 0 heterocycles. The number of guanidine groups is 1. The van der Waals surface area contributed by atoms with Gasteiger partial charge in [-0.1, -0.05) is 12.1 Å². The molecule has 0 spiro atoms. The monoisotopic (exact) mass is 567 g/mol. The quantitative estimate of drug-likeness (QED) is 0.185. The van der Waals surface area contributed by atoms with Gasteiger partial charge in [0.2, 0.25) is 10.0 Å². The molecule has 0 aliphatic heterocycles. The Kier molecular flexibility index (Phi) is 13.9. The van der Waals surface area contributed by atoms with Gasteiger partial charge in [-0.25, -0.2) is 8.42 Å². The highest BCUT2D eigenvalue weighted by Crippen LogP contribution is 2.17. The van der Waals surface area contributed by atoms with Gasteiger partial charge in [0, 0.05) is 51.9 Å². The molecule has 0 aliphatic carbocycles. The Morgan fingerprint density at radius 3 is 1.97 bits per heavy atom. The summed E-state index contributed by atoms with van der Waals surface area (Å²) >= 11 is 0. The van der Waals surface area contributed by atoms with Gasteiger partial charge >= 0.3 is 0 Å². The summed E-state index contributed by atoms with van der Waals surface area (Å²) in [4.78, 5) is 7.05. The molecule has 1 aromatic rings. The number of aliphatic imine (C=N–C) groups is 1. The normalized spacial score (nSPS) is 12.7. The molecular weight excluding hydrogens is 525 g/mol. The van der Waals surface area contributed by atoms with E-state index in [4.69, 9.17) is 0 Å². The van der Waals surface area contributed by atoms with Gasteiger partial charge < -0.3 is 10.6 Å². The lowest BCUT2D eigenvalue weighted by Gasteiger charge is -2.30. The van der Waals surface area contributed by atoms with Gasteiger partial charge in [-0.15, -0.1) is 24.0 Å². The number of sulfonamides is 1. The molecule has 2 N–H and O–H groups in total. The molecule has 0 aromatic heterocycles. The molecule has 0 saturated carbocycles. The van der Waals surface area contributed by atoms with Crippen LogP contribution in [-0.2, 0) is 16.6 Å². The van der Waals surface area contributed by atoms with Crippen LogP contribution in [0.4, 0.5) is 0 Å². The molecule has 1 aromatic carbocycles. The molecule has 0 fully saturated rings. The molecule has 180 valence electrons. The maximum absolute atomic E-state index is 12.6. The standard InChI is InChI=1S/C22H41N5O2S.HI/c1-17(2)26(8)30(28,29)21-12-10-20(11-13-21)16-25-22(23-7)24-14-9-15-27(18(3)4)19(5)6;/h10-13,17-19H,9,14-16H2,1-8H3,(H2,23,24,25);1H. The first-order chi connectivity index (χ1) is 14.0. The van der Waals surface area contributed by atoms with E-state index >= 15 is 0 Å². The number of nitrogens with one attached hydrogen (secondary N) is 2. The summed E-state index contributed by atoms with van der Waals surface area (Å²) in [7, 11) is -0.0974. The molecule has 0 bridgehead atoms. The van der Waals surface area contributed by atoms with E-state index in [0.717, 1.165) is 31.0 Å². The van der Waals surface area contributed by atoms with Crippen molar-refractivity contribution >= 4 is 40.0 Å². The Morgan fingerprint density at radius 2 is 1.52 bits per heavy atom. The number of nitrogens with zero attached hydrogens (tertiary/aromatic N) is 3. The third-order valence-electron chi connectivity index (χ3n) is 5.22. The van der Waals surface area contributed by atoms with E-state index in [2.05, 4.69) is 48.2 Å². The Labute approximate surface area is 207 Å². The van der Waals surface area contributed by atoms with Crippen molar-refractivity contribution in [2.75, 3.05) is 27.2 Å². The summed E-state index contributed by atoms with van der Waals surface area (Å²) < 4.78 is 26.5. The van der Waals surface area contributed by atoms with Crippen molar-refractivity contribution in [2.45, 2.75) is 77.5 Å². The zero-order chi connectivity index (χ0) is 22.9. The average Bonchev–Trinajstić information content (AvgIpc) is 2.69. The Balaban J connectivity index is 0.00000900. The van der Waals surface area contributed by atoms with Crippen LogP contribution < -0.4 is 10.6 Å². The third kappa shape index (κ3) is 9.63. The minimum Gasteiger partial charge on any atom is -0.356 e. The van der Waals surface area contributed by atoms with Crippen LogP contribution in [0.3, 0.4) is 0 Å². The van der Waals surface area contributed by atoms with Crippen LogP contribution in [0.25, 0.3) is 0 Å². The van der Waals surface area contributed by atoms with Gasteiger partial charge in [-0.3, -0.25) is 9.89 Å². The minimum atomic E-state index is -3.45. The topological polar surface area (TPSA) is 77.0 Å². The van der Waals surface area contributed by atoms with Gasteiger partial charge in [0.1, 0.15) is 0 Å². The van der Waals surface area contributed by atoms with E-state index < -0.39 is 10.0 Å². The van der Waals surface area contributed by atoms with Gasteiger partial charge in [0.25, 0.3) is 0 Å². The lowest BCUT2D eigenvalue weighted by molar-refractivity contribution is 0.173. The highest BCUT2D eigenvalue weighted by atomic mass is 127.